The normalized spacial score (nSPS) is 16.4. The van der Waals surface area contributed by atoms with E-state index >= 15 is 0 Å². The second kappa shape index (κ2) is 5.93. The molecule has 1 aromatic rings. The van der Waals surface area contributed by atoms with E-state index in [9.17, 15) is 9.90 Å². The summed E-state index contributed by atoms with van der Waals surface area (Å²) in [5.74, 6) is 0.880. The molecule has 104 valence electrons. The largest absolute Gasteiger partial charge is 0.507 e. The molecule has 1 aromatic carbocycles. The maximum Gasteiger partial charge on any atom is 0.257 e. The summed E-state index contributed by atoms with van der Waals surface area (Å²) >= 11 is 0. The molecule has 0 atom stereocenters. The molecule has 1 saturated heterocycles. The minimum absolute atomic E-state index is 0.0368. The molecular formula is C14H20N2O3. The Balaban J connectivity index is 2.08. The molecule has 1 fully saturated rings. The summed E-state index contributed by atoms with van der Waals surface area (Å²) in [6, 6.07) is 4.74. The Hall–Kier alpha value is -1.75. The monoisotopic (exact) mass is 264 g/mol. The van der Waals surface area contributed by atoms with Crippen molar-refractivity contribution in [2.75, 3.05) is 26.7 Å². The van der Waals surface area contributed by atoms with Gasteiger partial charge in [-0.15, -0.1) is 0 Å². The molecule has 0 radical (unpaired) electrons. The summed E-state index contributed by atoms with van der Waals surface area (Å²) in [6.45, 7) is 2.08. The first-order valence-corrected chi connectivity index (χ1v) is 6.52. The van der Waals surface area contributed by atoms with Crippen molar-refractivity contribution in [2.24, 2.45) is 11.7 Å². The van der Waals surface area contributed by atoms with Gasteiger partial charge in [0.05, 0.1) is 12.7 Å². The predicted octanol–water partition coefficient (Wildman–Crippen LogP) is 1.21. The van der Waals surface area contributed by atoms with Gasteiger partial charge < -0.3 is 20.5 Å². The van der Waals surface area contributed by atoms with Crippen LogP contribution in [-0.2, 0) is 0 Å². The number of nitrogens with two attached hydrogens (primary N) is 1. The first-order valence-electron chi connectivity index (χ1n) is 6.52. The number of carbonyl (C=O) groups is 1. The second-order valence-electron chi connectivity index (χ2n) is 4.85. The van der Waals surface area contributed by atoms with E-state index in [4.69, 9.17) is 10.5 Å². The van der Waals surface area contributed by atoms with Crippen LogP contribution in [0.3, 0.4) is 0 Å². The number of rotatable bonds is 3. The van der Waals surface area contributed by atoms with Gasteiger partial charge in [0.1, 0.15) is 11.5 Å². The Morgan fingerprint density at radius 3 is 2.68 bits per heavy atom. The van der Waals surface area contributed by atoms with Crippen LogP contribution in [0, 0.1) is 5.92 Å². The van der Waals surface area contributed by atoms with Crippen molar-refractivity contribution in [3.05, 3.63) is 23.8 Å². The summed E-state index contributed by atoms with van der Waals surface area (Å²) < 4.78 is 5.01. The van der Waals surface area contributed by atoms with E-state index in [-0.39, 0.29) is 11.7 Å². The number of methoxy groups -OCH3 is 1. The number of phenols is 1. The number of phenolic OH excluding ortho intramolecular Hbond substituents is 1. The van der Waals surface area contributed by atoms with Crippen LogP contribution in [0.15, 0.2) is 18.2 Å². The zero-order valence-corrected chi connectivity index (χ0v) is 11.1. The van der Waals surface area contributed by atoms with Crippen molar-refractivity contribution in [2.45, 2.75) is 12.8 Å². The lowest BCUT2D eigenvalue weighted by Gasteiger charge is -2.31. The van der Waals surface area contributed by atoms with Crippen LogP contribution < -0.4 is 10.5 Å². The minimum Gasteiger partial charge on any atom is -0.507 e. The second-order valence-corrected chi connectivity index (χ2v) is 4.85. The van der Waals surface area contributed by atoms with E-state index in [0.29, 0.717) is 36.9 Å². The van der Waals surface area contributed by atoms with Crippen LogP contribution in [-0.4, -0.2) is 42.7 Å². The van der Waals surface area contributed by atoms with Gasteiger partial charge >= 0.3 is 0 Å². The number of nitrogens with zero attached hydrogens (tertiary/aromatic N) is 1. The number of piperidine rings is 1. The van der Waals surface area contributed by atoms with Gasteiger partial charge in [0.15, 0.2) is 0 Å². The molecule has 5 heteroatoms. The number of carbonyl (C=O) groups excluding carboxylic acids is 1. The number of aromatic hydroxyl groups is 1. The first-order chi connectivity index (χ1) is 9.15. The van der Waals surface area contributed by atoms with Gasteiger partial charge in [-0.3, -0.25) is 4.79 Å². The molecule has 2 rings (SSSR count). The van der Waals surface area contributed by atoms with Crippen molar-refractivity contribution >= 4 is 5.91 Å². The van der Waals surface area contributed by atoms with Crippen molar-refractivity contribution in [3.63, 3.8) is 0 Å². The molecule has 0 unspecified atom stereocenters. The molecule has 1 amide bonds. The fourth-order valence-electron chi connectivity index (χ4n) is 2.36. The molecule has 19 heavy (non-hydrogen) atoms. The molecule has 1 aliphatic rings. The Kier molecular flexibility index (Phi) is 4.27. The number of likely N-dealkylation sites (tertiary alicyclic amines) is 1. The average Bonchev–Trinajstić information content (AvgIpc) is 2.46. The van der Waals surface area contributed by atoms with Crippen molar-refractivity contribution in [1.29, 1.82) is 0 Å². The maximum atomic E-state index is 12.3. The molecular weight excluding hydrogens is 244 g/mol. The molecule has 1 aliphatic heterocycles. The van der Waals surface area contributed by atoms with Gasteiger partial charge in [0, 0.05) is 19.2 Å². The third-order valence-electron chi connectivity index (χ3n) is 3.67. The van der Waals surface area contributed by atoms with Gasteiger partial charge in [-0.05, 0) is 37.4 Å². The minimum atomic E-state index is -0.129. The molecule has 0 saturated carbocycles. The molecule has 0 spiro atoms. The third-order valence-corrected chi connectivity index (χ3v) is 3.67. The number of benzene rings is 1. The lowest BCUT2D eigenvalue weighted by atomic mass is 9.96. The summed E-state index contributed by atoms with van der Waals surface area (Å²) in [4.78, 5) is 14.1. The average molecular weight is 264 g/mol. The maximum absolute atomic E-state index is 12.3. The summed E-state index contributed by atoms with van der Waals surface area (Å²) in [5, 5.41) is 9.87. The van der Waals surface area contributed by atoms with Gasteiger partial charge in [-0.1, -0.05) is 0 Å². The van der Waals surface area contributed by atoms with Gasteiger partial charge in [-0.2, -0.15) is 0 Å². The van der Waals surface area contributed by atoms with E-state index in [1.807, 2.05) is 0 Å². The summed E-state index contributed by atoms with van der Waals surface area (Å²) in [6.07, 6.45) is 1.86. The molecule has 1 heterocycles. The quantitative estimate of drug-likeness (QED) is 0.860. The van der Waals surface area contributed by atoms with Crippen LogP contribution in [0.4, 0.5) is 0 Å². The van der Waals surface area contributed by atoms with E-state index < -0.39 is 0 Å². The van der Waals surface area contributed by atoms with Crippen molar-refractivity contribution in [1.82, 2.24) is 4.90 Å². The van der Waals surface area contributed by atoms with Crippen LogP contribution in [0.1, 0.15) is 23.2 Å². The third kappa shape index (κ3) is 2.98. The fraction of sp³-hybridized carbons (Fsp3) is 0.500. The van der Waals surface area contributed by atoms with Crippen molar-refractivity contribution in [3.8, 4) is 11.5 Å². The molecule has 3 N–H and O–H groups in total. The Morgan fingerprint density at radius 1 is 1.47 bits per heavy atom. The summed E-state index contributed by atoms with van der Waals surface area (Å²) in [7, 11) is 1.52. The van der Waals surface area contributed by atoms with Crippen LogP contribution in [0.2, 0.25) is 0 Å². The Bertz CT molecular complexity index is 454. The summed E-state index contributed by atoms with van der Waals surface area (Å²) in [5.41, 5.74) is 5.96. The highest BCUT2D eigenvalue weighted by Gasteiger charge is 2.24. The Labute approximate surface area is 113 Å². The van der Waals surface area contributed by atoms with E-state index in [1.54, 1.807) is 17.0 Å². The van der Waals surface area contributed by atoms with E-state index in [0.717, 1.165) is 12.8 Å². The number of hydrogen-bond donors (Lipinski definition) is 2. The standard InChI is InChI=1S/C14H20N2O3/c1-19-11-2-3-12(13(17)8-11)14(18)16-6-4-10(9-15)5-7-16/h2-3,8,10,17H,4-7,9,15H2,1H3. The highest BCUT2D eigenvalue weighted by Crippen LogP contribution is 2.26. The molecule has 0 bridgehead atoms. The molecule has 5 nitrogen and oxygen atoms in total. The molecule has 0 aromatic heterocycles. The number of ether oxygens (including phenoxy) is 1. The van der Waals surface area contributed by atoms with Crippen molar-refractivity contribution < 1.29 is 14.6 Å². The SMILES string of the molecule is COc1ccc(C(=O)N2CCC(CN)CC2)c(O)c1. The van der Waals surface area contributed by atoms with Gasteiger partial charge in [-0.25, -0.2) is 0 Å². The number of hydrogen-bond acceptors (Lipinski definition) is 4. The fourth-order valence-corrected chi connectivity index (χ4v) is 2.36. The highest BCUT2D eigenvalue weighted by atomic mass is 16.5. The smallest absolute Gasteiger partial charge is 0.257 e. The van der Waals surface area contributed by atoms with E-state index in [2.05, 4.69) is 0 Å². The highest BCUT2D eigenvalue weighted by molar-refractivity contribution is 5.97. The van der Waals surface area contributed by atoms with Crippen LogP contribution >= 0.6 is 0 Å². The topological polar surface area (TPSA) is 75.8 Å². The first kappa shape index (κ1) is 13.7. The zero-order valence-electron chi connectivity index (χ0n) is 11.1. The number of amides is 1. The van der Waals surface area contributed by atoms with Crippen LogP contribution in [0.5, 0.6) is 11.5 Å². The van der Waals surface area contributed by atoms with Crippen LogP contribution in [0.25, 0.3) is 0 Å². The lowest BCUT2D eigenvalue weighted by molar-refractivity contribution is 0.0690. The lowest BCUT2D eigenvalue weighted by Crippen LogP contribution is -2.40. The van der Waals surface area contributed by atoms with Gasteiger partial charge in [0.2, 0.25) is 0 Å². The zero-order chi connectivity index (χ0) is 13.8. The van der Waals surface area contributed by atoms with E-state index in [1.165, 1.54) is 13.2 Å². The Morgan fingerprint density at radius 2 is 2.16 bits per heavy atom. The predicted molar refractivity (Wildman–Crippen MR) is 72.3 cm³/mol. The molecule has 0 aliphatic carbocycles. The van der Waals surface area contributed by atoms with Gasteiger partial charge in [0.25, 0.3) is 5.91 Å².